The number of anilines is 2. The molecular formula is C12H20N4. The third-order valence-corrected chi connectivity index (χ3v) is 3.30. The minimum atomic E-state index is 0.348. The van der Waals surface area contributed by atoms with E-state index in [2.05, 4.69) is 36.1 Å². The molecule has 4 heteroatoms. The van der Waals surface area contributed by atoms with Gasteiger partial charge in [-0.1, -0.05) is 20.8 Å². The van der Waals surface area contributed by atoms with E-state index < -0.39 is 0 Å². The molecule has 88 valence electrons. The summed E-state index contributed by atoms with van der Waals surface area (Å²) in [7, 11) is 0. The van der Waals surface area contributed by atoms with Crippen molar-refractivity contribution in [1.82, 2.24) is 9.97 Å². The van der Waals surface area contributed by atoms with E-state index in [0.717, 1.165) is 29.8 Å². The van der Waals surface area contributed by atoms with Crippen molar-refractivity contribution in [1.29, 1.82) is 0 Å². The van der Waals surface area contributed by atoms with Crippen molar-refractivity contribution >= 4 is 11.6 Å². The van der Waals surface area contributed by atoms with E-state index in [1.54, 1.807) is 0 Å². The van der Waals surface area contributed by atoms with E-state index in [9.17, 15) is 0 Å². The highest BCUT2D eigenvalue weighted by molar-refractivity contribution is 5.56. The molecule has 1 aliphatic carbocycles. The van der Waals surface area contributed by atoms with Crippen LogP contribution in [0.15, 0.2) is 6.33 Å². The first-order chi connectivity index (χ1) is 7.59. The van der Waals surface area contributed by atoms with E-state index in [-0.39, 0.29) is 0 Å². The van der Waals surface area contributed by atoms with Crippen LogP contribution in [0.1, 0.15) is 38.7 Å². The summed E-state index contributed by atoms with van der Waals surface area (Å²) in [6, 6.07) is 0. The normalized spacial score (nSPS) is 23.5. The molecular weight excluding hydrogens is 200 g/mol. The monoisotopic (exact) mass is 220 g/mol. The summed E-state index contributed by atoms with van der Waals surface area (Å²) < 4.78 is 0. The SMILES string of the molecule is CC(C)c1c(N)ncnc1NCC1CC1C. The number of hydrogen-bond donors (Lipinski definition) is 2. The second-order valence-corrected chi connectivity index (χ2v) is 5.03. The molecule has 2 atom stereocenters. The van der Waals surface area contributed by atoms with E-state index >= 15 is 0 Å². The number of hydrogen-bond acceptors (Lipinski definition) is 4. The molecule has 16 heavy (non-hydrogen) atoms. The Morgan fingerprint density at radius 3 is 2.75 bits per heavy atom. The van der Waals surface area contributed by atoms with Crippen molar-refractivity contribution in [2.75, 3.05) is 17.6 Å². The number of nitrogen functional groups attached to an aromatic ring is 1. The fourth-order valence-corrected chi connectivity index (χ4v) is 2.03. The second-order valence-electron chi connectivity index (χ2n) is 5.03. The molecule has 0 amide bonds. The van der Waals surface area contributed by atoms with Gasteiger partial charge in [0.15, 0.2) is 0 Å². The van der Waals surface area contributed by atoms with Crippen LogP contribution in [0.5, 0.6) is 0 Å². The molecule has 3 N–H and O–H groups in total. The maximum Gasteiger partial charge on any atom is 0.134 e. The highest BCUT2D eigenvalue weighted by atomic mass is 15.0. The molecule has 1 heterocycles. The van der Waals surface area contributed by atoms with Crippen LogP contribution >= 0.6 is 0 Å². The summed E-state index contributed by atoms with van der Waals surface area (Å²) in [6.07, 6.45) is 2.85. The zero-order chi connectivity index (χ0) is 11.7. The first-order valence-electron chi connectivity index (χ1n) is 5.93. The van der Waals surface area contributed by atoms with Gasteiger partial charge in [0.05, 0.1) is 0 Å². The Morgan fingerprint density at radius 1 is 1.50 bits per heavy atom. The smallest absolute Gasteiger partial charge is 0.134 e. The predicted octanol–water partition coefficient (Wildman–Crippen LogP) is 2.25. The van der Waals surface area contributed by atoms with Crippen LogP contribution in [0.4, 0.5) is 11.6 Å². The number of nitrogens with zero attached hydrogens (tertiary/aromatic N) is 2. The highest BCUT2D eigenvalue weighted by Gasteiger charge is 2.32. The molecule has 1 aliphatic rings. The Kier molecular flexibility index (Phi) is 2.99. The minimum absolute atomic E-state index is 0.348. The number of nitrogens with two attached hydrogens (primary N) is 1. The standard InChI is InChI=1S/C12H20N4/c1-7(2)10-11(13)15-6-16-12(10)14-5-9-4-8(9)3/h6-9H,4-5H2,1-3H3,(H3,13,14,15,16). The molecule has 0 spiro atoms. The maximum absolute atomic E-state index is 5.88. The molecule has 4 nitrogen and oxygen atoms in total. The third kappa shape index (κ3) is 2.26. The lowest BCUT2D eigenvalue weighted by molar-refractivity contribution is 0.777. The average molecular weight is 220 g/mol. The van der Waals surface area contributed by atoms with Gasteiger partial charge in [-0.25, -0.2) is 9.97 Å². The van der Waals surface area contributed by atoms with Gasteiger partial charge < -0.3 is 11.1 Å². The Balaban J connectivity index is 2.09. The van der Waals surface area contributed by atoms with Crippen molar-refractivity contribution < 1.29 is 0 Å². The average Bonchev–Trinajstić information content (AvgIpc) is 2.91. The van der Waals surface area contributed by atoms with Crippen LogP contribution in [0.3, 0.4) is 0 Å². The van der Waals surface area contributed by atoms with Gasteiger partial charge in [0.2, 0.25) is 0 Å². The zero-order valence-corrected chi connectivity index (χ0v) is 10.2. The quantitative estimate of drug-likeness (QED) is 0.817. The maximum atomic E-state index is 5.88. The molecule has 0 bridgehead atoms. The number of nitrogens with one attached hydrogen (secondary N) is 1. The van der Waals surface area contributed by atoms with Gasteiger partial charge in [0.1, 0.15) is 18.0 Å². The van der Waals surface area contributed by atoms with Gasteiger partial charge in [-0.3, -0.25) is 0 Å². The van der Waals surface area contributed by atoms with Gasteiger partial charge in [-0.05, 0) is 24.2 Å². The largest absolute Gasteiger partial charge is 0.383 e. The Bertz CT molecular complexity index is 375. The van der Waals surface area contributed by atoms with Gasteiger partial charge in [0, 0.05) is 12.1 Å². The fourth-order valence-electron chi connectivity index (χ4n) is 2.03. The summed E-state index contributed by atoms with van der Waals surface area (Å²) in [6.45, 7) is 7.50. The number of aromatic nitrogens is 2. The Labute approximate surface area is 96.7 Å². The fraction of sp³-hybridized carbons (Fsp3) is 0.667. The van der Waals surface area contributed by atoms with Crippen molar-refractivity contribution in [3.63, 3.8) is 0 Å². The van der Waals surface area contributed by atoms with E-state index in [4.69, 9.17) is 5.73 Å². The van der Waals surface area contributed by atoms with E-state index in [1.807, 2.05) is 0 Å². The lowest BCUT2D eigenvalue weighted by Gasteiger charge is -2.14. The Hall–Kier alpha value is -1.32. The number of rotatable bonds is 4. The lowest BCUT2D eigenvalue weighted by atomic mass is 10.0. The summed E-state index contributed by atoms with van der Waals surface area (Å²) in [5, 5.41) is 3.40. The van der Waals surface area contributed by atoms with E-state index in [0.29, 0.717) is 11.7 Å². The van der Waals surface area contributed by atoms with Crippen LogP contribution in [-0.4, -0.2) is 16.5 Å². The molecule has 0 radical (unpaired) electrons. The van der Waals surface area contributed by atoms with Gasteiger partial charge in [-0.2, -0.15) is 0 Å². The Morgan fingerprint density at radius 2 is 2.19 bits per heavy atom. The summed E-state index contributed by atoms with van der Waals surface area (Å²) >= 11 is 0. The summed E-state index contributed by atoms with van der Waals surface area (Å²) in [5.74, 6) is 3.50. The molecule has 0 aliphatic heterocycles. The lowest BCUT2D eigenvalue weighted by Crippen LogP contribution is -2.11. The minimum Gasteiger partial charge on any atom is -0.383 e. The summed E-state index contributed by atoms with van der Waals surface area (Å²) in [4.78, 5) is 8.33. The van der Waals surface area contributed by atoms with Crippen LogP contribution in [0.25, 0.3) is 0 Å². The zero-order valence-electron chi connectivity index (χ0n) is 10.2. The molecule has 1 aromatic rings. The van der Waals surface area contributed by atoms with E-state index in [1.165, 1.54) is 12.7 Å². The summed E-state index contributed by atoms with van der Waals surface area (Å²) in [5.41, 5.74) is 6.92. The molecule has 1 fully saturated rings. The van der Waals surface area contributed by atoms with Crippen molar-refractivity contribution in [2.45, 2.75) is 33.1 Å². The highest BCUT2D eigenvalue weighted by Crippen LogP contribution is 2.38. The van der Waals surface area contributed by atoms with Crippen LogP contribution in [0, 0.1) is 11.8 Å². The topological polar surface area (TPSA) is 63.8 Å². The van der Waals surface area contributed by atoms with Crippen LogP contribution < -0.4 is 11.1 Å². The van der Waals surface area contributed by atoms with Gasteiger partial charge in [-0.15, -0.1) is 0 Å². The second kappa shape index (κ2) is 4.28. The molecule has 2 rings (SSSR count). The van der Waals surface area contributed by atoms with Crippen LogP contribution in [0.2, 0.25) is 0 Å². The molecule has 1 saturated carbocycles. The molecule has 0 saturated heterocycles. The van der Waals surface area contributed by atoms with Crippen molar-refractivity contribution in [2.24, 2.45) is 11.8 Å². The van der Waals surface area contributed by atoms with Crippen molar-refractivity contribution in [3.8, 4) is 0 Å². The van der Waals surface area contributed by atoms with Crippen LogP contribution in [-0.2, 0) is 0 Å². The third-order valence-electron chi connectivity index (χ3n) is 3.30. The first-order valence-corrected chi connectivity index (χ1v) is 5.93. The predicted molar refractivity (Wildman–Crippen MR) is 66.3 cm³/mol. The molecule has 1 aromatic heterocycles. The van der Waals surface area contributed by atoms with Gasteiger partial charge in [0.25, 0.3) is 0 Å². The van der Waals surface area contributed by atoms with Crippen molar-refractivity contribution in [3.05, 3.63) is 11.9 Å². The molecule has 2 unspecified atom stereocenters. The molecule has 0 aromatic carbocycles. The van der Waals surface area contributed by atoms with Gasteiger partial charge >= 0.3 is 0 Å². The first kappa shape index (κ1) is 11.2.